The van der Waals surface area contributed by atoms with Gasteiger partial charge in [0.2, 0.25) is 0 Å². The van der Waals surface area contributed by atoms with E-state index in [1.54, 1.807) is 11.3 Å². The maximum absolute atomic E-state index is 5.54. The lowest BCUT2D eigenvalue weighted by molar-refractivity contribution is -0.00484. The van der Waals surface area contributed by atoms with E-state index in [1.807, 2.05) is 0 Å². The number of thiazole rings is 1. The third kappa shape index (κ3) is 2.75. The Bertz CT molecular complexity index is 315. The average Bonchev–Trinajstić information content (AvgIpc) is 2.69. The Hall–Kier alpha value is -0.490. The van der Waals surface area contributed by atoms with Gasteiger partial charge in [-0.25, -0.2) is 4.98 Å². The minimum atomic E-state index is 0.488. The lowest BCUT2D eigenvalue weighted by Gasteiger charge is -2.32. The molecule has 0 spiro atoms. The van der Waals surface area contributed by atoms with Crippen molar-refractivity contribution in [2.24, 2.45) is 5.73 Å². The van der Waals surface area contributed by atoms with Crippen LogP contribution in [0.3, 0.4) is 0 Å². The van der Waals surface area contributed by atoms with Crippen molar-refractivity contribution in [1.29, 1.82) is 0 Å². The van der Waals surface area contributed by atoms with Gasteiger partial charge in [0.15, 0.2) is 0 Å². The van der Waals surface area contributed by atoms with Crippen LogP contribution in [0.25, 0.3) is 0 Å². The molecule has 5 heteroatoms. The molecule has 0 amide bonds. The second-order valence-corrected chi connectivity index (χ2v) is 4.77. The molecule has 1 saturated heterocycles. The zero-order chi connectivity index (χ0) is 10.7. The molecule has 1 aromatic heterocycles. The lowest BCUT2D eigenvalue weighted by Crippen LogP contribution is -2.42. The fraction of sp³-hybridized carbons (Fsp3) is 0.700. The van der Waals surface area contributed by atoms with E-state index in [0.29, 0.717) is 12.6 Å². The van der Waals surface area contributed by atoms with Crippen molar-refractivity contribution in [1.82, 2.24) is 9.88 Å². The first-order chi connectivity index (χ1) is 7.29. The summed E-state index contributed by atoms with van der Waals surface area (Å²) in [4.78, 5) is 6.87. The summed E-state index contributed by atoms with van der Waals surface area (Å²) in [5.41, 5.74) is 6.67. The highest BCUT2D eigenvalue weighted by Crippen LogP contribution is 2.14. The van der Waals surface area contributed by atoms with Crippen LogP contribution in [-0.2, 0) is 17.8 Å². The fourth-order valence-electron chi connectivity index (χ4n) is 1.72. The summed E-state index contributed by atoms with van der Waals surface area (Å²) in [7, 11) is 0. The van der Waals surface area contributed by atoms with E-state index in [-0.39, 0.29) is 0 Å². The van der Waals surface area contributed by atoms with Gasteiger partial charge in [0.25, 0.3) is 0 Å². The van der Waals surface area contributed by atoms with Crippen molar-refractivity contribution in [3.8, 4) is 0 Å². The second-order valence-electron chi connectivity index (χ2n) is 3.83. The van der Waals surface area contributed by atoms with Gasteiger partial charge in [-0.2, -0.15) is 0 Å². The Morgan fingerprint density at radius 1 is 1.73 bits per heavy atom. The van der Waals surface area contributed by atoms with Gasteiger partial charge in [0.05, 0.1) is 18.9 Å². The van der Waals surface area contributed by atoms with Crippen LogP contribution < -0.4 is 5.73 Å². The highest BCUT2D eigenvalue weighted by Gasteiger charge is 2.19. The molecule has 1 aromatic rings. The number of nitrogens with two attached hydrogens (primary N) is 1. The third-order valence-corrected chi connectivity index (χ3v) is 3.56. The van der Waals surface area contributed by atoms with Crippen molar-refractivity contribution in [2.45, 2.75) is 26.1 Å². The van der Waals surface area contributed by atoms with E-state index in [1.165, 1.54) is 0 Å². The Morgan fingerprint density at radius 3 is 3.27 bits per heavy atom. The molecular formula is C10H17N3OS. The summed E-state index contributed by atoms with van der Waals surface area (Å²) >= 11 is 1.65. The monoisotopic (exact) mass is 227 g/mol. The lowest BCUT2D eigenvalue weighted by atomic mass is 10.2. The van der Waals surface area contributed by atoms with Crippen LogP contribution in [0, 0.1) is 0 Å². The maximum atomic E-state index is 5.54. The first-order valence-corrected chi connectivity index (χ1v) is 6.12. The van der Waals surface area contributed by atoms with Crippen molar-refractivity contribution >= 4 is 11.3 Å². The maximum Gasteiger partial charge on any atom is 0.106 e. The molecule has 1 aliphatic rings. The summed E-state index contributed by atoms with van der Waals surface area (Å²) in [5.74, 6) is 0. The smallest absolute Gasteiger partial charge is 0.106 e. The summed E-state index contributed by atoms with van der Waals surface area (Å²) in [6.07, 6.45) is 0. The molecule has 2 heterocycles. The highest BCUT2D eigenvalue weighted by molar-refractivity contribution is 7.09. The van der Waals surface area contributed by atoms with Crippen LogP contribution in [0.15, 0.2) is 5.38 Å². The van der Waals surface area contributed by atoms with Gasteiger partial charge in [-0.05, 0) is 6.92 Å². The van der Waals surface area contributed by atoms with Gasteiger partial charge in [-0.3, -0.25) is 4.90 Å². The number of morpholine rings is 1. The molecule has 0 radical (unpaired) electrons. The van der Waals surface area contributed by atoms with Gasteiger partial charge in [-0.15, -0.1) is 11.3 Å². The van der Waals surface area contributed by atoms with E-state index in [9.17, 15) is 0 Å². The zero-order valence-electron chi connectivity index (χ0n) is 8.98. The first-order valence-electron chi connectivity index (χ1n) is 5.24. The number of hydrogen-bond donors (Lipinski definition) is 1. The molecule has 0 aliphatic carbocycles. The molecule has 2 rings (SSSR count). The SMILES string of the molecule is CC1COCCN1Cc1csc(CN)n1. The molecule has 0 bridgehead atoms. The number of ether oxygens (including phenoxy) is 1. The Morgan fingerprint density at radius 2 is 2.60 bits per heavy atom. The number of nitrogens with zero attached hydrogens (tertiary/aromatic N) is 2. The molecule has 0 aromatic carbocycles. The Balaban J connectivity index is 1.95. The Kier molecular flexibility index (Phi) is 3.69. The fourth-order valence-corrected chi connectivity index (χ4v) is 2.39. The number of rotatable bonds is 3. The molecule has 2 N–H and O–H groups in total. The summed E-state index contributed by atoms with van der Waals surface area (Å²) in [6, 6.07) is 0.488. The molecule has 1 fully saturated rings. The molecule has 1 unspecified atom stereocenters. The van der Waals surface area contributed by atoms with Crippen LogP contribution in [0.5, 0.6) is 0 Å². The standard InChI is InChI=1S/C10H17N3OS/c1-8-6-14-3-2-13(8)5-9-7-15-10(4-11)12-9/h7-8H,2-6,11H2,1H3. The Labute approximate surface area is 94.1 Å². The molecular weight excluding hydrogens is 210 g/mol. The molecule has 1 atom stereocenters. The number of hydrogen-bond acceptors (Lipinski definition) is 5. The van der Waals surface area contributed by atoms with Crippen LogP contribution in [0.2, 0.25) is 0 Å². The highest BCUT2D eigenvalue weighted by atomic mass is 32.1. The van der Waals surface area contributed by atoms with E-state index >= 15 is 0 Å². The predicted octanol–water partition coefficient (Wildman–Crippen LogP) is 0.822. The van der Waals surface area contributed by atoms with E-state index in [0.717, 1.165) is 37.0 Å². The van der Waals surface area contributed by atoms with Gasteiger partial charge in [0, 0.05) is 31.1 Å². The topological polar surface area (TPSA) is 51.4 Å². The normalized spacial score (nSPS) is 23.2. The molecule has 4 nitrogen and oxygen atoms in total. The number of aromatic nitrogens is 1. The first kappa shape index (κ1) is 11.0. The van der Waals surface area contributed by atoms with Crippen molar-refractivity contribution in [3.63, 3.8) is 0 Å². The molecule has 0 saturated carbocycles. The van der Waals surface area contributed by atoms with Gasteiger partial charge in [0.1, 0.15) is 5.01 Å². The van der Waals surface area contributed by atoms with E-state index in [2.05, 4.69) is 22.2 Å². The summed E-state index contributed by atoms with van der Waals surface area (Å²) < 4.78 is 5.40. The molecule has 84 valence electrons. The van der Waals surface area contributed by atoms with Crippen LogP contribution in [-0.4, -0.2) is 35.7 Å². The van der Waals surface area contributed by atoms with Gasteiger partial charge < -0.3 is 10.5 Å². The predicted molar refractivity (Wildman–Crippen MR) is 60.7 cm³/mol. The summed E-state index contributed by atoms with van der Waals surface area (Å²) in [5, 5.41) is 3.12. The average molecular weight is 227 g/mol. The van der Waals surface area contributed by atoms with Crippen LogP contribution in [0.4, 0.5) is 0 Å². The largest absolute Gasteiger partial charge is 0.379 e. The van der Waals surface area contributed by atoms with Crippen LogP contribution >= 0.6 is 11.3 Å². The molecule has 1 aliphatic heterocycles. The van der Waals surface area contributed by atoms with Gasteiger partial charge in [-0.1, -0.05) is 0 Å². The minimum Gasteiger partial charge on any atom is -0.379 e. The second kappa shape index (κ2) is 5.03. The van der Waals surface area contributed by atoms with Crippen molar-refractivity contribution < 1.29 is 4.74 Å². The minimum absolute atomic E-state index is 0.488. The van der Waals surface area contributed by atoms with Crippen molar-refractivity contribution in [2.75, 3.05) is 19.8 Å². The van der Waals surface area contributed by atoms with E-state index in [4.69, 9.17) is 10.5 Å². The van der Waals surface area contributed by atoms with Gasteiger partial charge >= 0.3 is 0 Å². The third-order valence-electron chi connectivity index (χ3n) is 2.64. The zero-order valence-corrected chi connectivity index (χ0v) is 9.80. The van der Waals surface area contributed by atoms with Crippen molar-refractivity contribution in [3.05, 3.63) is 16.1 Å². The van der Waals surface area contributed by atoms with Crippen LogP contribution in [0.1, 0.15) is 17.6 Å². The quantitative estimate of drug-likeness (QED) is 0.830. The summed E-state index contributed by atoms with van der Waals surface area (Å²) in [6.45, 7) is 6.31. The molecule has 15 heavy (non-hydrogen) atoms. The van der Waals surface area contributed by atoms with E-state index < -0.39 is 0 Å².